The molecule has 0 saturated heterocycles. The number of benzene rings is 1. The number of rotatable bonds is 5. The van der Waals surface area contributed by atoms with Crippen LogP contribution in [0.3, 0.4) is 0 Å². The summed E-state index contributed by atoms with van der Waals surface area (Å²) in [6, 6.07) is 12.0. The second-order valence-electron chi connectivity index (χ2n) is 7.51. The minimum atomic E-state index is -0.763. The molecular formula is C22H23N3O4. The van der Waals surface area contributed by atoms with Gasteiger partial charge in [0.25, 0.3) is 11.3 Å². The third kappa shape index (κ3) is 3.55. The molecule has 0 unspecified atom stereocenters. The summed E-state index contributed by atoms with van der Waals surface area (Å²) < 4.78 is 7.06. The van der Waals surface area contributed by atoms with E-state index in [1.165, 1.54) is 17.9 Å². The van der Waals surface area contributed by atoms with E-state index in [4.69, 9.17) is 4.42 Å². The molecule has 3 aromatic rings. The van der Waals surface area contributed by atoms with Crippen molar-refractivity contribution < 1.29 is 14.3 Å². The van der Waals surface area contributed by atoms with Gasteiger partial charge in [0.15, 0.2) is 11.4 Å². The Kier molecular flexibility index (Phi) is 4.96. The number of nitrogens with one attached hydrogen (secondary N) is 1. The third-order valence-electron chi connectivity index (χ3n) is 5.70. The van der Waals surface area contributed by atoms with Crippen LogP contribution in [0.1, 0.15) is 41.7 Å². The molecule has 2 aromatic heterocycles. The lowest BCUT2D eigenvalue weighted by Crippen LogP contribution is -2.33. The molecule has 150 valence electrons. The molecule has 1 aliphatic carbocycles. The van der Waals surface area contributed by atoms with Crippen molar-refractivity contribution in [3.8, 4) is 17.1 Å². The first-order valence-electron chi connectivity index (χ1n) is 9.70. The molecule has 1 aliphatic rings. The van der Waals surface area contributed by atoms with Crippen molar-refractivity contribution in [2.24, 2.45) is 0 Å². The lowest BCUT2D eigenvalue weighted by molar-refractivity contribution is 0.0953. The molecule has 0 aliphatic heterocycles. The van der Waals surface area contributed by atoms with Gasteiger partial charge in [-0.15, -0.1) is 0 Å². The molecule has 1 fully saturated rings. The molecule has 0 spiro atoms. The smallest absolute Gasteiger partial charge is 0.275 e. The van der Waals surface area contributed by atoms with Crippen LogP contribution in [0.5, 0.6) is 5.75 Å². The second-order valence-corrected chi connectivity index (χ2v) is 7.51. The van der Waals surface area contributed by atoms with Gasteiger partial charge in [-0.3, -0.25) is 14.3 Å². The maximum absolute atomic E-state index is 12.1. The highest BCUT2D eigenvalue weighted by molar-refractivity contribution is 5.92. The predicted octanol–water partition coefficient (Wildman–Crippen LogP) is 3.08. The zero-order valence-corrected chi connectivity index (χ0v) is 16.2. The van der Waals surface area contributed by atoms with Crippen LogP contribution in [-0.2, 0) is 12.0 Å². The van der Waals surface area contributed by atoms with E-state index in [-0.39, 0.29) is 11.1 Å². The number of nitrogens with zero attached hydrogens (tertiary/aromatic N) is 2. The lowest BCUT2D eigenvalue weighted by atomic mass is 9.78. The first-order valence-corrected chi connectivity index (χ1v) is 9.70. The van der Waals surface area contributed by atoms with E-state index < -0.39 is 17.1 Å². The van der Waals surface area contributed by atoms with Crippen LogP contribution in [-0.4, -0.2) is 27.8 Å². The molecule has 7 heteroatoms. The Hall–Kier alpha value is -3.35. The van der Waals surface area contributed by atoms with E-state index >= 15 is 0 Å². The first kappa shape index (κ1) is 19.0. The molecule has 0 radical (unpaired) electrons. The third-order valence-corrected chi connectivity index (χ3v) is 5.70. The maximum Gasteiger partial charge on any atom is 0.275 e. The highest BCUT2D eigenvalue weighted by atomic mass is 16.3. The molecular weight excluding hydrogens is 370 g/mol. The summed E-state index contributed by atoms with van der Waals surface area (Å²) in [5, 5.41) is 16.7. The number of furan rings is 1. The molecule has 2 N–H and O–H groups in total. The van der Waals surface area contributed by atoms with Crippen molar-refractivity contribution >= 4 is 5.91 Å². The van der Waals surface area contributed by atoms with Crippen molar-refractivity contribution in [2.45, 2.75) is 37.6 Å². The van der Waals surface area contributed by atoms with Gasteiger partial charge < -0.3 is 14.8 Å². The zero-order chi connectivity index (χ0) is 20.4. The van der Waals surface area contributed by atoms with Crippen molar-refractivity contribution in [3.05, 3.63) is 70.3 Å². The minimum absolute atomic E-state index is 0.197. The lowest BCUT2D eigenvalue weighted by Gasteiger charge is -2.30. The Morgan fingerprint density at radius 2 is 2.07 bits per heavy atom. The van der Waals surface area contributed by atoms with E-state index in [2.05, 4.69) is 22.5 Å². The summed E-state index contributed by atoms with van der Waals surface area (Å²) >= 11 is 0. The van der Waals surface area contributed by atoms with Gasteiger partial charge in [0, 0.05) is 18.0 Å². The van der Waals surface area contributed by atoms with Gasteiger partial charge in [-0.1, -0.05) is 31.0 Å². The van der Waals surface area contributed by atoms with Crippen LogP contribution in [0.25, 0.3) is 11.3 Å². The summed E-state index contributed by atoms with van der Waals surface area (Å²) in [5.41, 5.74) is 0.897. The van der Waals surface area contributed by atoms with Gasteiger partial charge in [0.2, 0.25) is 0 Å². The molecule has 2 heterocycles. The number of hydrogen-bond acceptors (Lipinski definition) is 5. The van der Waals surface area contributed by atoms with Gasteiger partial charge in [-0.2, -0.15) is 5.10 Å². The van der Waals surface area contributed by atoms with Crippen LogP contribution in [0.4, 0.5) is 0 Å². The molecule has 1 saturated carbocycles. The van der Waals surface area contributed by atoms with E-state index in [0.29, 0.717) is 6.54 Å². The van der Waals surface area contributed by atoms with E-state index in [1.54, 1.807) is 6.26 Å². The Bertz CT molecular complexity index is 1080. The molecule has 0 bridgehead atoms. The topological polar surface area (TPSA) is 97.4 Å². The van der Waals surface area contributed by atoms with Crippen LogP contribution in [0.15, 0.2) is 58.1 Å². The fraction of sp³-hybridized carbons (Fsp3) is 0.318. The van der Waals surface area contributed by atoms with E-state index in [0.717, 1.165) is 42.6 Å². The van der Waals surface area contributed by atoms with Crippen LogP contribution < -0.4 is 10.7 Å². The van der Waals surface area contributed by atoms with Gasteiger partial charge in [0.05, 0.1) is 19.0 Å². The van der Waals surface area contributed by atoms with Gasteiger partial charge >= 0.3 is 0 Å². The summed E-state index contributed by atoms with van der Waals surface area (Å²) in [7, 11) is 1.43. The van der Waals surface area contributed by atoms with Crippen molar-refractivity contribution in [3.63, 3.8) is 0 Å². The average Bonchev–Trinajstić information content (AvgIpc) is 3.43. The van der Waals surface area contributed by atoms with E-state index in [9.17, 15) is 14.7 Å². The number of hydrogen-bond donors (Lipinski definition) is 2. The monoisotopic (exact) mass is 393 g/mol. The van der Waals surface area contributed by atoms with Crippen LogP contribution >= 0.6 is 0 Å². The standard InChI is InChI=1S/C22H23N3O4/c1-23-21(28)19-20(27)17(26)13-25(24-19)14-22(9-2-3-10-22)16-7-4-6-15(12-16)18-8-5-11-29-18/h4-8,11-13,26H,2-3,9-10,14H2,1H3,(H,23,28). The summed E-state index contributed by atoms with van der Waals surface area (Å²) in [6.07, 6.45) is 7.04. The molecule has 0 atom stereocenters. The summed E-state index contributed by atoms with van der Waals surface area (Å²) in [6.45, 7) is 0.465. The number of carbonyl (C=O) groups excluding carboxylic acids is 1. The SMILES string of the molecule is CNC(=O)c1nn(CC2(c3cccc(-c4ccco4)c3)CCCC2)cc(O)c1=O. The number of aromatic hydroxyl groups is 1. The van der Waals surface area contributed by atoms with Crippen LogP contribution in [0.2, 0.25) is 0 Å². The number of carbonyl (C=O) groups is 1. The zero-order valence-electron chi connectivity index (χ0n) is 16.2. The molecule has 7 nitrogen and oxygen atoms in total. The van der Waals surface area contributed by atoms with Gasteiger partial charge in [-0.25, -0.2) is 0 Å². The Labute approximate surface area is 168 Å². The minimum Gasteiger partial charge on any atom is -0.503 e. The normalized spacial score (nSPS) is 15.3. The summed E-state index contributed by atoms with van der Waals surface area (Å²) in [5.74, 6) is -0.281. The maximum atomic E-state index is 12.1. The van der Waals surface area contributed by atoms with Crippen LogP contribution in [0, 0.1) is 0 Å². The average molecular weight is 393 g/mol. The summed E-state index contributed by atoms with van der Waals surface area (Å²) in [4.78, 5) is 24.1. The number of amides is 1. The fourth-order valence-electron chi connectivity index (χ4n) is 4.22. The van der Waals surface area contributed by atoms with Crippen molar-refractivity contribution in [1.29, 1.82) is 0 Å². The molecule has 1 aromatic carbocycles. The van der Waals surface area contributed by atoms with Gasteiger partial charge in [0.1, 0.15) is 5.76 Å². The predicted molar refractivity (Wildman–Crippen MR) is 108 cm³/mol. The highest BCUT2D eigenvalue weighted by Crippen LogP contribution is 2.43. The Morgan fingerprint density at radius 3 is 2.76 bits per heavy atom. The van der Waals surface area contributed by atoms with E-state index in [1.807, 2.05) is 24.3 Å². The highest BCUT2D eigenvalue weighted by Gasteiger charge is 2.37. The second kappa shape index (κ2) is 7.58. The molecule has 4 rings (SSSR count). The Balaban J connectivity index is 1.74. The largest absolute Gasteiger partial charge is 0.503 e. The Morgan fingerprint density at radius 1 is 1.28 bits per heavy atom. The molecule has 1 amide bonds. The quantitative estimate of drug-likeness (QED) is 0.694. The molecule has 29 heavy (non-hydrogen) atoms. The van der Waals surface area contributed by atoms with Gasteiger partial charge in [-0.05, 0) is 36.6 Å². The van der Waals surface area contributed by atoms with Crippen molar-refractivity contribution in [2.75, 3.05) is 7.05 Å². The number of aromatic nitrogens is 2. The van der Waals surface area contributed by atoms with Crippen molar-refractivity contribution in [1.82, 2.24) is 15.1 Å². The first-order chi connectivity index (χ1) is 14.0. The fourth-order valence-corrected chi connectivity index (χ4v) is 4.22.